The highest BCUT2D eigenvalue weighted by Gasteiger charge is 2.34. The third-order valence-corrected chi connectivity index (χ3v) is 10.6. The number of nitrogens with one attached hydrogen (secondary N) is 1. The van der Waals surface area contributed by atoms with E-state index in [0.29, 0.717) is 0 Å². The van der Waals surface area contributed by atoms with E-state index in [-0.39, 0.29) is 12.0 Å². The second-order valence-electron chi connectivity index (χ2n) is 13.6. The van der Waals surface area contributed by atoms with Gasteiger partial charge in [-0.1, -0.05) is 152 Å². The molecule has 1 aromatic heterocycles. The Labute approximate surface area is 303 Å². The van der Waals surface area contributed by atoms with Crippen molar-refractivity contribution < 1.29 is 0 Å². The summed E-state index contributed by atoms with van der Waals surface area (Å²) in [5.41, 5.74) is 11.4. The van der Waals surface area contributed by atoms with Crippen LogP contribution in [-0.4, -0.2) is 4.98 Å². The molecule has 1 aliphatic rings. The number of nitrogens with zero attached hydrogens (tertiary/aromatic N) is 2. The molecule has 0 amide bonds. The second kappa shape index (κ2) is 12.6. The molecule has 3 nitrogen and oxygen atoms in total. The van der Waals surface area contributed by atoms with Gasteiger partial charge in [0, 0.05) is 44.7 Å². The maximum Gasteiger partial charge on any atom is 0.0956 e. The Bertz CT molecular complexity index is 2670. The van der Waals surface area contributed by atoms with Crippen LogP contribution in [-0.2, 0) is 0 Å². The number of para-hydroxylation sites is 4. The molecule has 1 aliphatic heterocycles. The highest BCUT2D eigenvalue weighted by atomic mass is 15.1. The van der Waals surface area contributed by atoms with E-state index in [1.807, 2.05) is 0 Å². The van der Waals surface area contributed by atoms with Gasteiger partial charge in [0.25, 0.3) is 0 Å². The minimum Gasteiger partial charge on any atom is -0.377 e. The number of hydrogen-bond donors (Lipinski definition) is 1. The molecule has 0 saturated heterocycles. The van der Waals surface area contributed by atoms with Gasteiger partial charge in [0.05, 0.1) is 22.9 Å². The fraction of sp³-hybridized carbons (Fsp3) is 0.0408. The number of benzene rings is 8. The lowest BCUT2D eigenvalue weighted by Crippen LogP contribution is -2.12. The normalized spacial score (nSPS) is 15.1. The Morgan fingerprint density at radius 2 is 1.12 bits per heavy atom. The number of fused-ring (bicyclic) bond motifs is 6. The van der Waals surface area contributed by atoms with Crippen LogP contribution >= 0.6 is 0 Å². The first-order valence-electron chi connectivity index (χ1n) is 18.0. The van der Waals surface area contributed by atoms with Gasteiger partial charge in [-0.25, -0.2) is 4.98 Å². The van der Waals surface area contributed by atoms with Gasteiger partial charge in [-0.15, -0.1) is 0 Å². The van der Waals surface area contributed by atoms with Crippen molar-refractivity contribution in [2.75, 3.05) is 10.2 Å². The van der Waals surface area contributed by atoms with Gasteiger partial charge in [0.2, 0.25) is 0 Å². The molecule has 0 fully saturated rings. The number of pyridine rings is 1. The summed E-state index contributed by atoms with van der Waals surface area (Å²) in [6.07, 6.45) is 0. The number of aromatic nitrogens is 1. The average molecular weight is 666 g/mol. The predicted octanol–water partition coefficient (Wildman–Crippen LogP) is 13.0. The monoisotopic (exact) mass is 665 g/mol. The summed E-state index contributed by atoms with van der Waals surface area (Å²) >= 11 is 0. The topological polar surface area (TPSA) is 28.2 Å². The number of hydrogen-bond acceptors (Lipinski definition) is 3. The first-order chi connectivity index (χ1) is 25.8. The van der Waals surface area contributed by atoms with E-state index in [1.54, 1.807) is 0 Å². The molecule has 0 radical (unpaired) electrons. The SMILES string of the molecule is c1ccc(-c2nc3c(N(c4ccccc4)c4ccccc4)cccc3c3c2ccc2cc(C4Nc5ccccc5C4c4ccccc4)ccc23)cc1. The van der Waals surface area contributed by atoms with Gasteiger partial charge in [-0.2, -0.15) is 0 Å². The van der Waals surface area contributed by atoms with E-state index in [0.717, 1.165) is 44.6 Å². The van der Waals surface area contributed by atoms with Gasteiger partial charge in [-0.3, -0.25) is 0 Å². The molecule has 0 bridgehead atoms. The Morgan fingerprint density at radius 3 is 1.85 bits per heavy atom. The summed E-state index contributed by atoms with van der Waals surface area (Å²) < 4.78 is 0. The molecular formula is C49H35N3. The molecular weight excluding hydrogens is 631 g/mol. The standard InChI is InChI=1S/C49H35N3/c1-5-16-33(17-6-1)45-40-24-13-14-26-43(40)50-48(45)36-29-30-39-35(32-36)28-31-42-46(39)41-25-15-27-44(49(41)51-47(42)34-18-7-2-8-19-34)52(37-20-9-3-10-21-37)38-22-11-4-12-23-38/h1-32,45,48,50H. The Hall–Kier alpha value is -6.71. The smallest absolute Gasteiger partial charge is 0.0956 e. The zero-order valence-corrected chi connectivity index (χ0v) is 28.5. The number of rotatable bonds is 6. The summed E-state index contributed by atoms with van der Waals surface area (Å²) in [5.74, 6) is 0.217. The summed E-state index contributed by atoms with van der Waals surface area (Å²) in [4.78, 5) is 7.87. The van der Waals surface area contributed by atoms with Gasteiger partial charge >= 0.3 is 0 Å². The predicted molar refractivity (Wildman–Crippen MR) is 218 cm³/mol. The van der Waals surface area contributed by atoms with E-state index in [2.05, 4.69) is 204 Å². The molecule has 1 N–H and O–H groups in total. The third kappa shape index (κ3) is 5.01. The van der Waals surface area contributed by atoms with Crippen LogP contribution in [0.5, 0.6) is 0 Å². The zero-order chi connectivity index (χ0) is 34.4. The van der Waals surface area contributed by atoms with E-state index >= 15 is 0 Å². The van der Waals surface area contributed by atoms with Crippen LogP contribution in [0.2, 0.25) is 0 Å². The summed E-state index contributed by atoms with van der Waals surface area (Å²) in [6, 6.07) is 69.8. The Morgan fingerprint density at radius 1 is 0.481 bits per heavy atom. The lowest BCUT2D eigenvalue weighted by Gasteiger charge is -2.27. The molecule has 0 aliphatic carbocycles. The van der Waals surface area contributed by atoms with Crippen molar-refractivity contribution in [2.45, 2.75) is 12.0 Å². The van der Waals surface area contributed by atoms with Gasteiger partial charge < -0.3 is 10.2 Å². The zero-order valence-electron chi connectivity index (χ0n) is 28.5. The largest absolute Gasteiger partial charge is 0.377 e. The van der Waals surface area contributed by atoms with Crippen molar-refractivity contribution in [3.8, 4) is 11.3 Å². The molecule has 0 spiro atoms. The maximum absolute atomic E-state index is 5.55. The van der Waals surface area contributed by atoms with Crippen molar-refractivity contribution in [1.82, 2.24) is 4.98 Å². The molecule has 2 unspecified atom stereocenters. The Balaban J connectivity index is 1.22. The minimum atomic E-state index is 0.117. The van der Waals surface area contributed by atoms with Crippen LogP contribution in [0, 0.1) is 0 Å². The van der Waals surface area contributed by atoms with Crippen molar-refractivity contribution in [2.24, 2.45) is 0 Å². The van der Waals surface area contributed by atoms with E-state index in [1.165, 1.54) is 38.5 Å². The minimum absolute atomic E-state index is 0.117. The van der Waals surface area contributed by atoms with Gasteiger partial charge in [0.1, 0.15) is 0 Å². The molecule has 8 aromatic carbocycles. The first-order valence-corrected chi connectivity index (χ1v) is 18.0. The van der Waals surface area contributed by atoms with Crippen molar-refractivity contribution in [3.63, 3.8) is 0 Å². The molecule has 52 heavy (non-hydrogen) atoms. The lowest BCUT2D eigenvalue weighted by molar-refractivity contribution is 0.714. The fourth-order valence-corrected chi connectivity index (χ4v) is 8.27. The van der Waals surface area contributed by atoms with Crippen molar-refractivity contribution >= 4 is 55.2 Å². The fourth-order valence-electron chi connectivity index (χ4n) is 8.27. The van der Waals surface area contributed by atoms with Crippen LogP contribution in [0.25, 0.3) is 43.7 Å². The average Bonchev–Trinajstić information content (AvgIpc) is 3.62. The summed E-state index contributed by atoms with van der Waals surface area (Å²) in [7, 11) is 0. The summed E-state index contributed by atoms with van der Waals surface area (Å²) in [5, 5.41) is 9.84. The quantitative estimate of drug-likeness (QED) is 0.179. The molecule has 10 rings (SSSR count). The maximum atomic E-state index is 5.55. The van der Waals surface area contributed by atoms with E-state index in [4.69, 9.17) is 4.98 Å². The number of anilines is 4. The van der Waals surface area contributed by atoms with Crippen molar-refractivity contribution in [3.05, 3.63) is 211 Å². The van der Waals surface area contributed by atoms with Gasteiger partial charge in [0.15, 0.2) is 0 Å². The van der Waals surface area contributed by atoms with Gasteiger partial charge in [-0.05, 0) is 69.9 Å². The molecule has 3 heteroatoms. The Kier molecular flexibility index (Phi) is 7.28. The van der Waals surface area contributed by atoms with Crippen LogP contribution in [0.15, 0.2) is 194 Å². The summed E-state index contributed by atoms with van der Waals surface area (Å²) in [6.45, 7) is 0. The third-order valence-electron chi connectivity index (χ3n) is 10.6. The van der Waals surface area contributed by atoms with Crippen LogP contribution in [0.4, 0.5) is 22.7 Å². The van der Waals surface area contributed by atoms with Crippen molar-refractivity contribution in [1.29, 1.82) is 0 Å². The molecule has 2 heterocycles. The lowest BCUT2D eigenvalue weighted by atomic mass is 9.84. The molecule has 0 saturated carbocycles. The first kappa shape index (κ1) is 30.1. The van der Waals surface area contributed by atoms with Crippen LogP contribution in [0.1, 0.15) is 28.7 Å². The van der Waals surface area contributed by atoms with Crippen LogP contribution < -0.4 is 10.2 Å². The second-order valence-corrected chi connectivity index (χ2v) is 13.6. The van der Waals surface area contributed by atoms with E-state index in [9.17, 15) is 0 Å². The molecule has 2 atom stereocenters. The highest BCUT2D eigenvalue weighted by Crippen LogP contribution is 2.49. The highest BCUT2D eigenvalue weighted by molar-refractivity contribution is 6.24. The molecule has 246 valence electrons. The van der Waals surface area contributed by atoms with E-state index < -0.39 is 0 Å². The van der Waals surface area contributed by atoms with Crippen LogP contribution in [0.3, 0.4) is 0 Å². The molecule has 9 aromatic rings.